The standard InChI is InChI=1S/C19H26BN3O6/c1-28-16-7-5-14(6-8-16)12-17(20(26)27)22-19(25)29-13-15-4-2-3-11-23(15)18(24)9-10-21/h5-8,15,17,26-27H,2-4,9,11-13H2,1H3,(H,22,25)/t15-,17+/m1/s1. The van der Waals surface area contributed by atoms with Crippen LogP contribution in [0, 0.1) is 11.3 Å². The number of likely N-dealkylation sites (tertiary alicyclic amines) is 1. The first-order valence-corrected chi connectivity index (χ1v) is 9.53. The molecule has 2 rings (SSSR count). The van der Waals surface area contributed by atoms with Crippen LogP contribution in [0.2, 0.25) is 0 Å². The topological polar surface area (TPSA) is 132 Å². The van der Waals surface area contributed by atoms with Gasteiger partial charge in [-0.3, -0.25) is 4.79 Å². The molecule has 1 saturated heterocycles. The van der Waals surface area contributed by atoms with Gasteiger partial charge in [-0.15, -0.1) is 0 Å². The van der Waals surface area contributed by atoms with Crippen LogP contribution in [-0.4, -0.2) is 66.3 Å². The summed E-state index contributed by atoms with van der Waals surface area (Å²) in [7, 11) is -0.221. The summed E-state index contributed by atoms with van der Waals surface area (Å²) in [4.78, 5) is 25.8. The molecule has 0 unspecified atom stereocenters. The molecular formula is C19H26BN3O6. The smallest absolute Gasteiger partial charge is 0.475 e. The first-order chi connectivity index (χ1) is 13.9. The van der Waals surface area contributed by atoms with E-state index in [0.717, 1.165) is 18.4 Å². The number of methoxy groups -OCH3 is 1. The van der Waals surface area contributed by atoms with E-state index < -0.39 is 19.2 Å². The fourth-order valence-electron chi connectivity index (χ4n) is 3.28. The Morgan fingerprint density at radius 3 is 2.69 bits per heavy atom. The summed E-state index contributed by atoms with van der Waals surface area (Å²) in [5, 5.41) is 30.4. The molecule has 10 heteroatoms. The van der Waals surface area contributed by atoms with E-state index in [4.69, 9.17) is 14.7 Å². The Bertz CT molecular complexity index is 722. The number of rotatable bonds is 8. The molecule has 0 aliphatic carbocycles. The van der Waals surface area contributed by atoms with Crippen molar-refractivity contribution in [3.05, 3.63) is 29.8 Å². The molecule has 1 aromatic rings. The van der Waals surface area contributed by atoms with Gasteiger partial charge < -0.3 is 29.7 Å². The number of hydrogen-bond donors (Lipinski definition) is 3. The van der Waals surface area contributed by atoms with Gasteiger partial charge in [0.25, 0.3) is 0 Å². The number of hydrogen-bond acceptors (Lipinski definition) is 7. The molecule has 0 aromatic heterocycles. The Balaban J connectivity index is 1.89. The van der Waals surface area contributed by atoms with Crippen LogP contribution in [0.15, 0.2) is 24.3 Å². The number of amides is 2. The van der Waals surface area contributed by atoms with E-state index in [1.54, 1.807) is 36.3 Å². The molecule has 2 atom stereocenters. The SMILES string of the molecule is COc1ccc(C[C@H](NC(=O)OC[C@H]2CCCCN2C(=O)CC#N)B(O)O)cc1. The van der Waals surface area contributed by atoms with Crippen LogP contribution in [-0.2, 0) is 16.0 Å². The molecule has 0 spiro atoms. The van der Waals surface area contributed by atoms with E-state index in [9.17, 15) is 19.6 Å². The van der Waals surface area contributed by atoms with Gasteiger partial charge in [0.15, 0.2) is 0 Å². The maximum Gasteiger partial charge on any atom is 0.475 e. The summed E-state index contributed by atoms with van der Waals surface area (Å²) in [5.74, 6) is -0.562. The number of nitriles is 1. The Morgan fingerprint density at radius 2 is 2.07 bits per heavy atom. The molecule has 156 valence electrons. The molecule has 3 N–H and O–H groups in total. The highest BCUT2D eigenvalue weighted by atomic mass is 16.5. The fraction of sp³-hybridized carbons (Fsp3) is 0.526. The normalized spacial score (nSPS) is 17.0. The summed E-state index contributed by atoms with van der Waals surface area (Å²) in [5.41, 5.74) is 0.782. The molecule has 9 nitrogen and oxygen atoms in total. The van der Waals surface area contributed by atoms with Crippen molar-refractivity contribution in [1.29, 1.82) is 5.26 Å². The van der Waals surface area contributed by atoms with Crippen molar-refractivity contribution < 1.29 is 29.1 Å². The van der Waals surface area contributed by atoms with Crippen molar-refractivity contribution in [2.75, 3.05) is 20.3 Å². The van der Waals surface area contributed by atoms with Gasteiger partial charge >= 0.3 is 13.2 Å². The highest BCUT2D eigenvalue weighted by Gasteiger charge is 2.29. The lowest BCUT2D eigenvalue weighted by molar-refractivity contribution is -0.134. The fourth-order valence-corrected chi connectivity index (χ4v) is 3.28. The van der Waals surface area contributed by atoms with E-state index in [0.29, 0.717) is 18.7 Å². The number of piperidine rings is 1. The van der Waals surface area contributed by atoms with Gasteiger partial charge in [0.1, 0.15) is 18.8 Å². The van der Waals surface area contributed by atoms with Gasteiger partial charge in [-0.05, 0) is 43.4 Å². The number of nitrogens with one attached hydrogen (secondary N) is 1. The first-order valence-electron chi connectivity index (χ1n) is 9.53. The number of carbonyl (C=O) groups is 2. The molecule has 1 aliphatic heterocycles. The van der Waals surface area contributed by atoms with Crippen molar-refractivity contribution in [3.63, 3.8) is 0 Å². The second-order valence-corrected chi connectivity index (χ2v) is 6.89. The van der Waals surface area contributed by atoms with Gasteiger partial charge in [0, 0.05) is 6.54 Å². The largest absolute Gasteiger partial charge is 0.497 e. The molecule has 2 amide bonds. The second-order valence-electron chi connectivity index (χ2n) is 6.89. The lowest BCUT2D eigenvalue weighted by Gasteiger charge is -2.35. The van der Waals surface area contributed by atoms with Crippen LogP contribution in [0.1, 0.15) is 31.2 Å². The van der Waals surface area contributed by atoms with E-state index in [1.165, 1.54) is 0 Å². The van der Waals surface area contributed by atoms with Gasteiger partial charge in [-0.25, -0.2) is 4.79 Å². The van der Waals surface area contributed by atoms with E-state index in [1.807, 2.05) is 6.07 Å². The van der Waals surface area contributed by atoms with Crippen molar-refractivity contribution in [3.8, 4) is 11.8 Å². The van der Waals surface area contributed by atoms with Crippen molar-refractivity contribution in [2.24, 2.45) is 0 Å². The third-order valence-corrected chi connectivity index (χ3v) is 4.86. The second kappa shape index (κ2) is 11.3. The number of benzene rings is 1. The van der Waals surface area contributed by atoms with Crippen LogP contribution >= 0.6 is 0 Å². The molecule has 0 saturated carbocycles. The summed E-state index contributed by atoms with van der Waals surface area (Å²) in [6.45, 7) is 0.519. The van der Waals surface area contributed by atoms with E-state index in [-0.39, 0.29) is 31.4 Å². The maximum absolute atomic E-state index is 12.2. The third-order valence-electron chi connectivity index (χ3n) is 4.86. The number of nitrogens with zero attached hydrogens (tertiary/aromatic N) is 2. The van der Waals surface area contributed by atoms with Crippen LogP contribution in [0.3, 0.4) is 0 Å². The average Bonchev–Trinajstić information content (AvgIpc) is 2.72. The van der Waals surface area contributed by atoms with Crippen molar-refractivity contribution >= 4 is 19.1 Å². The molecule has 1 aromatic carbocycles. The average molecular weight is 403 g/mol. The zero-order valence-corrected chi connectivity index (χ0v) is 16.4. The Kier molecular flexibility index (Phi) is 8.77. The minimum Gasteiger partial charge on any atom is -0.497 e. The summed E-state index contributed by atoms with van der Waals surface area (Å²) in [6, 6.07) is 8.57. The summed E-state index contributed by atoms with van der Waals surface area (Å²) in [6.07, 6.45) is 1.62. The molecular weight excluding hydrogens is 377 g/mol. The predicted octanol–water partition coefficient (Wildman–Crippen LogP) is 0.639. The van der Waals surface area contributed by atoms with Gasteiger partial charge in [0.05, 0.1) is 25.2 Å². The van der Waals surface area contributed by atoms with E-state index in [2.05, 4.69) is 5.32 Å². The van der Waals surface area contributed by atoms with Gasteiger partial charge in [-0.2, -0.15) is 5.26 Å². The lowest BCUT2D eigenvalue weighted by Crippen LogP contribution is -2.50. The van der Waals surface area contributed by atoms with Gasteiger partial charge in [-0.1, -0.05) is 12.1 Å². The van der Waals surface area contributed by atoms with Crippen molar-refractivity contribution in [1.82, 2.24) is 10.2 Å². The number of alkyl carbamates (subject to hydrolysis) is 1. The minimum atomic E-state index is -1.77. The molecule has 29 heavy (non-hydrogen) atoms. The quantitative estimate of drug-likeness (QED) is 0.543. The maximum atomic E-state index is 12.2. The number of ether oxygens (including phenoxy) is 2. The highest BCUT2D eigenvalue weighted by Crippen LogP contribution is 2.18. The minimum absolute atomic E-state index is 0.0141. The van der Waals surface area contributed by atoms with Crippen LogP contribution < -0.4 is 10.1 Å². The monoisotopic (exact) mass is 403 g/mol. The zero-order valence-electron chi connectivity index (χ0n) is 16.4. The molecule has 1 heterocycles. The lowest BCUT2D eigenvalue weighted by atomic mass is 9.76. The molecule has 0 radical (unpaired) electrons. The Hall–Kier alpha value is -2.77. The molecule has 1 fully saturated rings. The van der Waals surface area contributed by atoms with Gasteiger partial charge in [0.2, 0.25) is 5.91 Å². The molecule has 0 bridgehead atoms. The first kappa shape index (κ1) is 22.5. The highest BCUT2D eigenvalue weighted by molar-refractivity contribution is 6.43. The summed E-state index contributed by atoms with van der Waals surface area (Å²) >= 11 is 0. The predicted molar refractivity (Wildman–Crippen MR) is 105 cm³/mol. The Morgan fingerprint density at radius 1 is 1.34 bits per heavy atom. The van der Waals surface area contributed by atoms with Crippen LogP contribution in [0.4, 0.5) is 4.79 Å². The van der Waals surface area contributed by atoms with E-state index >= 15 is 0 Å². The van der Waals surface area contributed by atoms with Crippen LogP contribution in [0.5, 0.6) is 5.75 Å². The van der Waals surface area contributed by atoms with Crippen molar-refractivity contribution in [2.45, 2.75) is 44.1 Å². The number of carbonyl (C=O) groups excluding carboxylic acids is 2. The zero-order chi connectivity index (χ0) is 21.2. The molecule has 1 aliphatic rings. The summed E-state index contributed by atoms with van der Waals surface area (Å²) < 4.78 is 10.3. The Labute approximate surface area is 170 Å². The third kappa shape index (κ3) is 6.96. The van der Waals surface area contributed by atoms with Crippen LogP contribution in [0.25, 0.3) is 0 Å².